The van der Waals surface area contributed by atoms with E-state index in [9.17, 15) is 14.7 Å². The first-order valence-electron chi connectivity index (χ1n) is 23.0. The van der Waals surface area contributed by atoms with Crippen LogP contribution in [-0.2, 0) is 16.1 Å². The Morgan fingerprint density at radius 3 is 2.48 bits per heavy atom. The van der Waals surface area contributed by atoms with E-state index in [1.807, 2.05) is 45.9 Å². The second-order valence-electron chi connectivity index (χ2n) is 17.4. The monoisotopic (exact) mass is 937 g/mol. The zero-order valence-electron chi connectivity index (χ0n) is 38.5. The van der Waals surface area contributed by atoms with Gasteiger partial charge in [-0.3, -0.25) is 19.1 Å². The van der Waals surface area contributed by atoms with E-state index < -0.39 is 12.0 Å². The zero-order chi connectivity index (χ0) is 47.0. The lowest BCUT2D eigenvalue weighted by molar-refractivity contribution is -0.133. The van der Waals surface area contributed by atoms with Gasteiger partial charge in [-0.25, -0.2) is 24.9 Å². The van der Waals surface area contributed by atoms with Crippen LogP contribution in [0.25, 0.3) is 10.9 Å². The summed E-state index contributed by atoms with van der Waals surface area (Å²) in [7, 11) is 1.58. The van der Waals surface area contributed by atoms with Crippen molar-refractivity contribution < 1.29 is 28.9 Å². The lowest BCUT2D eigenvalue weighted by atomic mass is 9.96. The number of methoxy groups -OCH3 is 1. The number of piperazine rings is 1. The van der Waals surface area contributed by atoms with Gasteiger partial charge in [-0.05, 0) is 48.6 Å². The number of hydrogen-bond donors (Lipinski definition) is 4. The molecule has 9 rings (SSSR count). The highest BCUT2D eigenvalue weighted by atomic mass is 35.5. The molecule has 5 aromatic rings. The molecule has 0 radical (unpaired) electrons. The third kappa shape index (κ3) is 11.1. The molecule has 0 spiro atoms. The topological polar surface area (TPSA) is 224 Å². The fraction of sp³-hybridized carbons (Fsp3) is 0.489. The molecule has 2 amide bonds. The van der Waals surface area contributed by atoms with Gasteiger partial charge in [0, 0.05) is 99.9 Å². The number of ether oxygens (including phenoxy) is 3. The number of nitrogens with zero attached hydrogens (tertiary/aromatic N) is 10. The van der Waals surface area contributed by atoms with Crippen molar-refractivity contribution in [3.05, 3.63) is 88.1 Å². The number of hydrogen-bond acceptors (Lipinski definition) is 16. The van der Waals surface area contributed by atoms with Crippen molar-refractivity contribution in [3.63, 3.8) is 0 Å². The van der Waals surface area contributed by atoms with E-state index in [2.05, 4.69) is 66.1 Å². The normalized spacial score (nSPS) is 18.8. The van der Waals surface area contributed by atoms with Crippen LogP contribution < -0.4 is 36.4 Å². The Morgan fingerprint density at radius 2 is 1.76 bits per heavy atom. The summed E-state index contributed by atoms with van der Waals surface area (Å²) >= 11 is 6.06. The average molecular weight is 939 g/mol. The van der Waals surface area contributed by atoms with Crippen molar-refractivity contribution >= 4 is 51.9 Å². The smallest absolute Gasteiger partial charge is 0.283 e. The Morgan fingerprint density at radius 1 is 1.01 bits per heavy atom. The standard InChI is InChI=1S/C24H32ClN5O2.C23H28N8O4/c1-15(2)26-13-19(17-4-6-18(25)7-5-17)24(32)30-10-8-29(9-11-30)23-21-16(3)12-20(31)22(21)27-14-28-23;1-33-19-17(35-10-2-6-30-8-11-34-12-9-30)4-3-16-18(19)28-23(31-7-5-25-20(16)31)29-21(32)15-13-26-22(24)27-14-15/h4-7,14-16,19-20,26,31H,8-13H2,1-3H3;3-4,13-14,25H,2,5-12H2,1H3,(H2,24,26,27). The van der Waals surface area contributed by atoms with Crippen LogP contribution >= 0.6 is 11.6 Å². The Hall–Kier alpha value is -5.99. The van der Waals surface area contributed by atoms with Gasteiger partial charge in [0.05, 0.1) is 50.2 Å². The summed E-state index contributed by atoms with van der Waals surface area (Å²) in [5.41, 5.74) is 9.37. The fourth-order valence-corrected chi connectivity index (χ4v) is 9.08. The molecule has 2 saturated heterocycles. The van der Waals surface area contributed by atoms with Crippen LogP contribution in [0.1, 0.15) is 78.7 Å². The number of benzene rings is 2. The number of carbonyl (C=O) groups is 2. The quantitative estimate of drug-likeness (QED) is 0.123. The number of rotatable bonds is 13. The lowest BCUT2D eigenvalue weighted by Crippen LogP contribution is -2.51. The molecule has 3 aliphatic heterocycles. The number of morpholine rings is 1. The molecular formula is C47H60ClN13O6. The number of anilines is 3. The van der Waals surface area contributed by atoms with Gasteiger partial charge >= 0.3 is 0 Å². The molecule has 4 aliphatic rings. The van der Waals surface area contributed by atoms with Crippen LogP contribution in [0.5, 0.6) is 11.5 Å². The van der Waals surface area contributed by atoms with Gasteiger partial charge in [0.25, 0.3) is 5.91 Å². The largest absolute Gasteiger partial charge is 0.491 e. The summed E-state index contributed by atoms with van der Waals surface area (Å²) in [5.74, 6) is 2.53. The second kappa shape index (κ2) is 21.8. The van der Waals surface area contributed by atoms with Gasteiger partial charge in [-0.15, -0.1) is 0 Å². The van der Waals surface area contributed by atoms with Crippen molar-refractivity contribution in [2.24, 2.45) is 4.99 Å². The SMILES string of the molecule is CC(C)NCC(C(=O)N1CCN(c2ncnc3c2C(C)CC3O)CC1)c1ccc(Cl)cc1.COc1c(OCCCN2CCOCC2)ccc2c3n(c(=NC(=O)c4cnc(N)nc4)nc12)CCN3. The van der Waals surface area contributed by atoms with Crippen LogP contribution in [-0.4, -0.2) is 148 Å². The number of aromatic nitrogens is 6. The van der Waals surface area contributed by atoms with Gasteiger partial charge in [0.15, 0.2) is 11.5 Å². The van der Waals surface area contributed by atoms with Crippen molar-refractivity contribution in [1.29, 1.82) is 0 Å². The maximum Gasteiger partial charge on any atom is 0.283 e. The van der Waals surface area contributed by atoms with E-state index in [4.69, 9.17) is 36.5 Å². The average Bonchev–Trinajstić information content (AvgIpc) is 3.96. The molecule has 19 nitrogen and oxygen atoms in total. The van der Waals surface area contributed by atoms with Crippen molar-refractivity contribution in [2.45, 2.75) is 64.1 Å². The Labute approximate surface area is 394 Å². The van der Waals surface area contributed by atoms with Crippen molar-refractivity contribution in [1.82, 2.24) is 44.6 Å². The molecule has 67 heavy (non-hydrogen) atoms. The van der Waals surface area contributed by atoms with Gasteiger partial charge in [-0.2, -0.15) is 4.99 Å². The van der Waals surface area contributed by atoms with E-state index in [1.165, 1.54) is 12.4 Å². The molecule has 2 fully saturated rings. The van der Waals surface area contributed by atoms with Gasteiger partial charge in [0.1, 0.15) is 23.5 Å². The fourth-order valence-electron chi connectivity index (χ4n) is 8.95. The first-order valence-corrected chi connectivity index (χ1v) is 23.4. The summed E-state index contributed by atoms with van der Waals surface area (Å²) in [5, 5.41) is 18.6. The maximum atomic E-state index is 13.5. The van der Waals surface area contributed by atoms with Gasteiger partial charge < -0.3 is 45.5 Å². The number of amides is 2. The highest BCUT2D eigenvalue weighted by Gasteiger charge is 2.35. The van der Waals surface area contributed by atoms with Crippen LogP contribution in [0.3, 0.4) is 0 Å². The van der Waals surface area contributed by atoms with E-state index in [0.717, 1.165) is 73.1 Å². The number of halogens is 1. The highest BCUT2D eigenvalue weighted by molar-refractivity contribution is 6.30. The summed E-state index contributed by atoms with van der Waals surface area (Å²) in [6.07, 6.45) is 5.29. The Kier molecular flexibility index (Phi) is 15.4. The molecular weight excluding hydrogens is 878 g/mol. The molecule has 356 valence electrons. The maximum absolute atomic E-state index is 13.5. The molecule has 3 atom stereocenters. The van der Waals surface area contributed by atoms with Crippen LogP contribution in [0.2, 0.25) is 5.02 Å². The molecule has 6 heterocycles. The number of aliphatic hydroxyl groups excluding tert-OH is 1. The second-order valence-corrected chi connectivity index (χ2v) is 17.8. The van der Waals surface area contributed by atoms with Gasteiger partial charge in [0.2, 0.25) is 17.5 Å². The first kappa shape index (κ1) is 47.5. The summed E-state index contributed by atoms with van der Waals surface area (Å²) in [6, 6.07) is 11.7. The van der Waals surface area contributed by atoms with E-state index in [1.54, 1.807) is 13.4 Å². The number of aliphatic hydroxyl groups is 1. The van der Waals surface area contributed by atoms with Crippen molar-refractivity contribution in [3.8, 4) is 11.5 Å². The first-order chi connectivity index (χ1) is 32.5. The summed E-state index contributed by atoms with van der Waals surface area (Å²) < 4.78 is 19.1. The minimum Gasteiger partial charge on any atom is -0.491 e. The predicted molar refractivity (Wildman–Crippen MR) is 255 cm³/mol. The van der Waals surface area contributed by atoms with Crippen LogP contribution in [0, 0.1) is 0 Å². The Bertz CT molecular complexity index is 2580. The number of fused-ring (bicyclic) bond motifs is 4. The predicted octanol–water partition coefficient (Wildman–Crippen LogP) is 3.79. The zero-order valence-corrected chi connectivity index (χ0v) is 39.3. The van der Waals surface area contributed by atoms with E-state index >= 15 is 0 Å². The van der Waals surface area contributed by atoms with Gasteiger partial charge in [-0.1, -0.05) is 44.5 Å². The number of nitrogens with one attached hydrogen (secondary N) is 2. The van der Waals surface area contributed by atoms with E-state index in [-0.39, 0.29) is 34.9 Å². The number of carbonyl (C=O) groups excluding carboxylic acids is 2. The molecule has 3 unspecified atom stereocenters. The molecule has 3 aromatic heterocycles. The molecule has 2 aromatic carbocycles. The minimum absolute atomic E-state index is 0.0899. The third-order valence-electron chi connectivity index (χ3n) is 12.5. The lowest BCUT2D eigenvalue weighted by Gasteiger charge is -2.38. The highest BCUT2D eigenvalue weighted by Crippen LogP contribution is 2.43. The van der Waals surface area contributed by atoms with Crippen LogP contribution in [0.15, 0.2) is 60.1 Å². The minimum atomic E-state index is -0.516. The molecule has 0 bridgehead atoms. The van der Waals surface area contributed by atoms with Crippen molar-refractivity contribution in [2.75, 3.05) is 102 Å². The number of nitrogens with two attached hydrogens (primary N) is 1. The molecule has 5 N–H and O–H groups in total. The Balaban J connectivity index is 0.000000182. The summed E-state index contributed by atoms with van der Waals surface area (Å²) in [4.78, 5) is 58.4. The van der Waals surface area contributed by atoms with Crippen LogP contribution in [0.4, 0.5) is 17.6 Å². The third-order valence-corrected chi connectivity index (χ3v) is 12.7. The molecule has 1 aliphatic carbocycles. The summed E-state index contributed by atoms with van der Waals surface area (Å²) in [6.45, 7) is 15.9. The molecule has 0 saturated carbocycles. The molecule has 20 heteroatoms. The van der Waals surface area contributed by atoms with E-state index in [0.29, 0.717) is 86.9 Å². The number of nitrogen functional groups attached to an aromatic ring is 1.